The average molecular weight is 178 g/mol. The molecule has 5 nitrogen and oxygen atoms in total. The minimum absolute atomic E-state index is 0.315. The molecule has 2 aromatic heterocycles. The van der Waals surface area contributed by atoms with Gasteiger partial charge in [0.25, 0.3) is 0 Å². The molecule has 1 N–H and O–H groups in total. The van der Waals surface area contributed by atoms with Crippen molar-refractivity contribution in [2.45, 2.75) is 5.16 Å². The predicted octanol–water partition coefficient (Wildman–Crippen LogP) is 0.818. The maximum absolute atomic E-state index is 4.79. The first-order valence-corrected chi connectivity index (χ1v) is 3.64. The Balaban J connectivity index is 2.48. The van der Waals surface area contributed by atoms with Gasteiger partial charge in [0.15, 0.2) is 0 Å². The molecule has 0 unspecified atom stereocenters. The van der Waals surface area contributed by atoms with Crippen molar-refractivity contribution < 1.29 is 0 Å². The fourth-order valence-electron chi connectivity index (χ4n) is 0.810. The van der Waals surface area contributed by atoms with E-state index in [1.165, 1.54) is 0 Å². The monoisotopic (exact) mass is 178 g/mol. The Morgan fingerprint density at radius 1 is 1.33 bits per heavy atom. The summed E-state index contributed by atoms with van der Waals surface area (Å²) in [5.74, 6) is 0. The summed E-state index contributed by atoms with van der Waals surface area (Å²) in [6.07, 6.45) is 3.25. The van der Waals surface area contributed by atoms with Gasteiger partial charge in [-0.15, -0.1) is 5.10 Å². The van der Waals surface area contributed by atoms with Crippen LogP contribution in [0.1, 0.15) is 0 Å². The highest BCUT2D eigenvalue weighted by Gasteiger charge is 2.01. The van der Waals surface area contributed by atoms with Gasteiger partial charge in [-0.2, -0.15) is 0 Å². The van der Waals surface area contributed by atoms with Crippen LogP contribution < -0.4 is 0 Å². The second kappa shape index (κ2) is 2.82. The lowest BCUT2D eigenvalue weighted by Gasteiger charge is -1.92. The normalized spacial score (nSPS) is 10.0. The van der Waals surface area contributed by atoms with Gasteiger partial charge >= 0.3 is 0 Å². The second-order valence-electron chi connectivity index (χ2n) is 2.08. The molecule has 1 radical (unpaired) electrons. The lowest BCUT2D eigenvalue weighted by atomic mass is 10.3. The van der Waals surface area contributed by atoms with Gasteiger partial charge in [0.2, 0.25) is 5.16 Å². The third-order valence-electron chi connectivity index (χ3n) is 1.31. The van der Waals surface area contributed by atoms with Gasteiger partial charge in [-0.3, -0.25) is 5.10 Å². The zero-order valence-electron chi connectivity index (χ0n) is 5.93. The molecule has 12 heavy (non-hydrogen) atoms. The van der Waals surface area contributed by atoms with E-state index in [9.17, 15) is 0 Å². The highest BCUT2D eigenvalue weighted by atomic mass is 32.1. The SMILES string of the molecule is [S]c1nccc(-c2c[nH]nn2)n1. The van der Waals surface area contributed by atoms with Crippen LogP contribution in [0.25, 0.3) is 11.4 Å². The Morgan fingerprint density at radius 3 is 2.92 bits per heavy atom. The maximum Gasteiger partial charge on any atom is 0.219 e. The molecule has 0 aromatic carbocycles. The first kappa shape index (κ1) is 7.11. The molecule has 0 atom stereocenters. The van der Waals surface area contributed by atoms with Gasteiger partial charge in [-0.25, -0.2) is 9.97 Å². The third-order valence-corrected chi connectivity index (χ3v) is 1.51. The number of hydrogen-bond acceptors (Lipinski definition) is 4. The van der Waals surface area contributed by atoms with Crippen LogP contribution >= 0.6 is 12.6 Å². The minimum atomic E-state index is 0.315. The van der Waals surface area contributed by atoms with Crippen LogP contribution in [0.5, 0.6) is 0 Å². The summed E-state index contributed by atoms with van der Waals surface area (Å²) in [5, 5.41) is 10.3. The number of aromatic amines is 1. The Kier molecular flexibility index (Phi) is 1.67. The number of hydrogen-bond donors (Lipinski definition) is 1. The van der Waals surface area contributed by atoms with Crippen LogP contribution in [-0.2, 0) is 0 Å². The molecule has 2 rings (SSSR count). The van der Waals surface area contributed by atoms with Crippen LogP contribution in [0, 0.1) is 0 Å². The Bertz CT molecular complexity index is 371. The standard InChI is InChI=1S/C6H4N5S/c12-6-7-2-1-4(9-6)5-3-8-11-10-5/h1-3H,(H,8,10,11). The summed E-state index contributed by atoms with van der Waals surface area (Å²) >= 11 is 4.79. The molecule has 2 heterocycles. The molecular formula is C6H4N5S. The fraction of sp³-hybridized carbons (Fsp3) is 0. The first-order valence-electron chi connectivity index (χ1n) is 3.23. The van der Waals surface area contributed by atoms with Gasteiger partial charge in [-0.05, 0) is 18.7 Å². The summed E-state index contributed by atoms with van der Waals surface area (Å²) in [6.45, 7) is 0. The van der Waals surface area contributed by atoms with Gasteiger partial charge in [0, 0.05) is 6.20 Å². The molecule has 2 aromatic rings. The van der Waals surface area contributed by atoms with Gasteiger partial charge in [0.05, 0.1) is 11.9 Å². The second-order valence-corrected chi connectivity index (χ2v) is 2.45. The fourth-order valence-corrected chi connectivity index (χ4v) is 0.969. The van der Waals surface area contributed by atoms with E-state index in [2.05, 4.69) is 25.4 Å². The van der Waals surface area contributed by atoms with Gasteiger partial charge in [-0.1, -0.05) is 5.21 Å². The lowest BCUT2D eigenvalue weighted by molar-refractivity contribution is 0.933. The highest BCUT2D eigenvalue weighted by molar-refractivity contribution is 7.80. The van der Waals surface area contributed by atoms with E-state index >= 15 is 0 Å². The van der Waals surface area contributed by atoms with E-state index in [4.69, 9.17) is 12.6 Å². The van der Waals surface area contributed by atoms with E-state index in [0.29, 0.717) is 16.5 Å². The zero-order valence-corrected chi connectivity index (χ0v) is 6.75. The Hall–Kier alpha value is -1.56. The van der Waals surface area contributed by atoms with Crippen LogP contribution in [0.3, 0.4) is 0 Å². The number of H-pyrrole nitrogens is 1. The minimum Gasteiger partial charge on any atom is -0.265 e. The molecule has 0 aliphatic heterocycles. The van der Waals surface area contributed by atoms with Crippen molar-refractivity contribution in [2.24, 2.45) is 0 Å². The van der Waals surface area contributed by atoms with Crippen molar-refractivity contribution in [3.05, 3.63) is 18.5 Å². The lowest BCUT2D eigenvalue weighted by Crippen LogP contribution is -1.86. The van der Waals surface area contributed by atoms with Crippen molar-refractivity contribution >= 4 is 12.6 Å². The van der Waals surface area contributed by atoms with E-state index in [1.807, 2.05) is 0 Å². The van der Waals surface area contributed by atoms with Gasteiger partial charge < -0.3 is 0 Å². The van der Waals surface area contributed by atoms with Crippen LogP contribution in [0.2, 0.25) is 0 Å². The largest absolute Gasteiger partial charge is 0.265 e. The van der Waals surface area contributed by atoms with Gasteiger partial charge in [0.1, 0.15) is 5.69 Å². The molecule has 0 fully saturated rings. The molecule has 0 saturated heterocycles. The maximum atomic E-state index is 4.79. The van der Waals surface area contributed by atoms with E-state index < -0.39 is 0 Å². The summed E-state index contributed by atoms with van der Waals surface area (Å²) < 4.78 is 0. The zero-order chi connectivity index (χ0) is 8.39. The molecule has 0 spiro atoms. The van der Waals surface area contributed by atoms with Crippen LogP contribution in [0.15, 0.2) is 23.6 Å². The molecule has 0 saturated carbocycles. The van der Waals surface area contributed by atoms with Crippen LogP contribution in [-0.4, -0.2) is 25.4 Å². The number of nitrogens with zero attached hydrogens (tertiary/aromatic N) is 4. The number of nitrogens with one attached hydrogen (secondary N) is 1. The molecule has 6 heteroatoms. The smallest absolute Gasteiger partial charge is 0.219 e. The number of aromatic nitrogens is 5. The molecule has 0 aliphatic rings. The molecule has 0 bridgehead atoms. The summed E-state index contributed by atoms with van der Waals surface area (Å²) in [6, 6.07) is 1.73. The Morgan fingerprint density at radius 2 is 2.25 bits per heavy atom. The summed E-state index contributed by atoms with van der Waals surface area (Å²) in [4.78, 5) is 7.79. The predicted molar refractivity (Wildman–Crippen MR) is 43.3 cm³/mol. The van der Waals surface area contributed by atoms with Crippen LogP contribution in [0.4, 0.5) is 0 Å². The molecule has 0 aliphatic carbocycles. The van der Waals surface area contributed by atoms with Crippen molar-refractivity contribution in [3.8, 4) is 11.4 Å². The highest BCUT2D eigenvalue weighted by Crippen LogP contribution is 2.11. The topological polar surface area (TPSA) is 67.3 Å². The van der Waals surface area contributed by atoms with Crippen molar-refractivity contribution in [3.63, 3.8) is 0 Å². The van der Waals surface area contributed by atoms with E-state index in [1.54, 1.807) is 18.5 Å². The third kappa shape index (κ3) is 1.24. The average Bonchev–Trinajstić information content (AvgIpc) is 2.56. The number of rotatable bonds is 1. The molecular weight excluding hydrogens is 174 g/mol. The van der Waals surface area contributed by atoms with Crippen molar-refractivity contribution in [1.29, 1.82) is 0 Å². The Labute approximate surface area is 73.7 Å². The summed E-state index contributed by atoms with van der Waals surface area (Å²) in [5.41, 5.74) is 1.35. The van der Waals surface area contributed by atoms with E-state index in [0.717, 1.165) is 0 Å². The molecule has 0 amide bonds. The molecule has 59 valence electrons. The van der Waals surface area contributed by atoms with Crippen molar-refractivity contribution in [2.75, 3.05) is 0 Å². The first-order chi connectivity index (χ1) is 5.86. The summed E-state index contributed by atoms with van der Waals surface area (Å²) in [7, 11) is 0. The van der Waals surface area contributed by atoms with E-state index in [-0.39, 0.29) is 0 Å². The van der Waals surface area contributed by atoms with Crippen molar-refractivity contribution in [1.82, 2.24) is 25.4 Å². The quantitative estimate of drug-likeness (QED) is 0.656.